The van der Waals surface area contributed by atoms with Crippen molar-refractivity contribution in [2.45, 2.75) is 25.9 Å². The molecule has 6 nitrogen and oxygen atoms in total. The lowest BCUT2D eigenvalue weighted by Gasteiger charge is -2.11. The molecule has 0 unspecified atom stereocenters. The maximum Gasteiger partial charge on any atom is 0.252 e. The van der Waals surface area contributed by atoms with E-state index in [2.05, 4.69) is 20.4 Å². The predicted molar refractivity (Wildman–Crippen MR) is 83.6 cm³/mol. The molecule has 1 aliphatic heterocycles. The molecular formula is C16H18N4O2. The van der Waals surface area contributed by atoms with Gasteiger partial charge in [-0.15, -0.1) is 0 Å². The molecule has 1 aliphatic rings. The lowest BCUT2D eigenvalue weighted by atomic mass is 10.1. The van der Waals surface area contributed by atoms with Crippen LogP contribution in [0.25, 0.3) is 11.4 Å². The van der Waals surface area contributed by atoms with Crippen LogP contribution < -0.4 is 5.32 Å². The van der Waals surface area contributed by atoms with Crippen molar-refractivity contribution in [3.63, 3.8) is 0 Å². The van der Waals surface area contributed by atoms with Gasteiger partial charge in [-0.1, -0.05) is 30.3 Å². The first kappa shape index (κ1) is 14.3. The molecule has 6 heteroatoms. The number of oxime groups is 1. The number of aromatic nitrogens is 2. The Morgan fingerprint density at radius 3 is 3.05 bits per heavy atom. The second-order valence-corrected chi connectivity index (χ2v) is 5.14. The normalized spacial score (nSPS) is 17.0. The number of H-pyrrole nitrogens is 1. The van der Waals surface area contributed by atoms with Gasteiger partial charge in [-0.25, -0.2) is 4.98 Å². The fourth-order valence-corrected chi connectivity index (χ4v) is 2.41. The Bertz CT molecular complexity index is 679. The molecule has 2 aromatic rings. The maximum atomic E-state index is 12.4. The minimum atomic E-state index is -0.138. The van der Waals surface area contributed by atoms with Gasteiger partial charge in [-0.3, -0.25) is 4.79 Å². The molecule has 3 rings (SSSR count). The highest BCUT2D eigenvalue weighted by Gasteiger charge is 2.21. The summed E-state index contributed by atoms with van der Waals surface area (Å²) >= 11 is 0. The number of carbonyl (C=O) groups excluding carboxylic acids is 1. The molecule has 2 N–H and O–H groups in total. The Morgan fingerprint density at radius 1 is 1.45 bits per heavy atom. The van der Waals surface area contributed by atoms with Crippen LogP contribution in [0.3, 0.4) is 0 Å². The minimum Gasteiger partial charge on any atom is -0.390 e. The van der Waals surface area contributed by atoms with Crippen LogP contribution in [0.4, 0.5) is 0 Å². The summed E-state index contributed by atoms with van der Waals surface area (Å²) < 4.78 is 0. The van der Waals surface area contributed by atoms with Gasteiger partial charge in [-0.05, 0) is 12.5 Å². The molecule has 1 amide bonds. The van der Waals surface area contributed by atoms with Gasteiger partial charge in [0.15, 0.2) is 0 Å². The first-order chi connectivity index (χ1) is 10.8. The van der Waals surface area contributed by atoms with E-state index >= 15 is 0 Å². The Balaban J connectivity index is 1.66. The van der Waals surface area contributed by atoms with Gasteiger partial charge in [0.05, 0.1) is 17.8 Å². The van der Waals surface area contributed by atoms with Crippen LogP contribution in [0.1, 0.15) is 30.1 Å². The molecule has 0 spiro atoms. The zero-order valence-electron chi connectivity index (χ0n) is 12.4. The molecule has 0 saturated carbocycles. The van der Waals surface area contributed by atoms with Crippen molar-refractivity contribution >= 4 is 11.6 Å². The minimum absolute atomic E-state index is 0.0744. The van der Waals surface area contributed by atoms with E-state index in [1.807, 2.05) is 25.1 Å². The second-order valence-electron chi connectivity index (χ2n) is 5.14. The fourth-order valence-electron chi connectivity index (χ4n) is 2.41. The Hall–Kier alpha value is -2.63. The van der Waals surface area contributed by atoms with Gasteiger partial charge in [0.25, 0.3) is 5.91 Å². The van der Waals surface area contributed by atoms with E-state index in [4.69, 9.17) is 4.84 Å². The van der Waals surface area contributed by atoms with Crippen molar-refractivity contribution in [1.82, 2.24) is 15.3 Å². The van der Waals surface area contributed by atoms with E-state index < -0.39 is 0 Å². The summed E-state index contributed by atoms with van der Waals surface area (Å²) in [6.07, 6.45) is 4.98. The maximum absolute atomic E-state index is 12.4. The molecule has 1 aromatic heterocycles. The summed E-state index contributed by atoms with van der Waals surface area (Å²) in [7, 11) is 0. The second kappa shape index (κ2) is 6.43. The third-order valence-electron chi connectivity index (χ3n) is 3.62. The van der Waals surface area contributed by atoms with Crippen LogP contribution in [0, 0.1) is 0 Å². The molecule has 2 heterocycles. The molecule has 114 valence electrons. The standard InChI is InChI=1S/C16H18N4O2/c1-2-11-9-12(22-20-11)10-19-16(21)14-6-4-3-5-13(14)15-17-7-8-18-15/h3-8,12H,2,9-10H2,1H3,(H,17,18)(H,19,21)/t12-/m0/s1. The number of hydrogen-bond acceptors (Lipinski definition) is 4. The van der Waals surface area contributed by atoms with Crippen LogP contribution in [0.15, 0.2) is 41.8 Å². The Kier molecular flexibility index (Phi) is 4.18. The highest BCUT2D eigenvalue weighted by Crippen LogP contribution is 2.20. The fraction of sp³-hybridized carbons (Fsp3) is 0.312. The summed E-state index contributed by atoms with van der Waals surface area (Å²) in [5.41, 5.74) is 2.41. The molecule has 0 fully saturated rings. The number of hydrogen-bond donors (Lipinski definition) is 2. The predicted octanol–water partition coefficient (Wildman–Crippen LogP) is 2.36. The summed E-state index contributed by atoms with van der Waals surface area (Å²) in [4.78, 5) is 25.0. The molecule has 1 atom stereocenters. The average Bonchev–Trinajstić information content (AvgIpc) is 3.24. The van der Waals surface area contributed by atoms with Crippen LogP contribution in [-0.4, -0.2) is 34.2 Å². The van der Waals surface area contributed by atoms with Gasteiger partial charge in [0.1, 0.15) is 11.9 Å². The van der Waals surface area contributed by atoms with E-state index in [1.54, 1.807) is 18.5 Å². The van der Waals surface area contributed by atoms with Gasteiger partial charge in [-0.2, -0.15) is 0 Å². The van der Waals surface area contributed by atoms with E-state index in [9.17, 15) is 4.79 Å². The highest BCUT2D eigenvalue weighted by atomic mass is 16.6. The van der Waals surface area contributed by atoms with Crippen LogP contribution in [0.2, 0.25) is 0 Å². The van der Waals surface area contributed by atoms with Crippen LogP contribution >= 0.6 is 0 Å². The monoisotopic (exact) mass is 298 g/mol. The molecule has 0 aliphatic carbocycles. The van der Waals surface area contributed by atoms with Crippen LogP contribution in [-0.2, 0) is 4.84 Å². The number of nitrogens with zero attached hydrogens (tertiary/aromatic N) is 2. The van der Waals surface area contributed by atoms with Crippen molar-refractivity contribution in [2.24, 2.45) is 5.16 Å². The number of imidazole rings is 1. The van der Waals surface area contributed by atoms with E-state index in [0.717, 1.165) is 24.1 Å². The quantitative estimate of drug-likeness (QED) is 0.889. The lowest BCUT2D eigenvalue weighted by Crippen LogP contribution is -2.32. The van der Waals surface area contributed by atoms with Crippen molar-refractivity contribution in [1.29, 1.82) is 0 Å². The summed E-state index contributed by atoms with van der Waals surface area (Å²) in [6, 6.07) is 7.39. The van der Waals surface area contributed by atoms with E-state index in [0.29, 0.717) is 17.9 Å². The Labute approximate surface area is 128 Å². The SMILES string of the molecule is CCC1=NO[C@H](CNC(=O)c2ccccc2-c2ncc[nH]2)C1. The first-order valence-corrected chi connectivity index (χ1v) is 7.36. The third kappa shape index (κ3) is 3.00. The first-order valence-electron chi connectivity index (χ1n) is 7.36. The van der Waals surface area contributed by atoms with E-state index in [1.165, 1.54) is 0 Å². The molecule has 0 bridgehead atoms. The van der Waals surface area contributed by atoms with Crippen molar-refractivity contribution in [2.75, 3.05) is 6.54 Å². The molecule has 22 heavy (non-hydrogen) atoms. The topological polar surface area (TPSA) is 79.4 Å². The number of nitrogens with one attached hydrogen (secondary N) is 2. The average molecular weight is 298 g/mol. The smallest absolute Gasteiger partial charge is 0.252 e. The van der Waals surface area contributed by atoms with Gasteiger partial charge < -0.3 is 15.1 Å². The number of amides is 1. The summed E-state index contributed by atoms with van der Waals surface area (Å²) in [5, 5.41) is 6.90. The number of rotatable bonds is 5. The highest BCUT2D eigenvalue weighted by molar-refractivity contribution is 6.00. The third-order valence-corrected chi connectivity index (χ3v) is 3.62. The van der Waals surface area contributed by atoms with Crippen LogP contribution in [0.5, 0.6) is 0 Å². The van der Waals surface area contributed by atoms with Gasteiger partial charge >= 0.3 is 0 Å². The van der Waals surface area contributed by atoms with Crippen molar-refractivity contribution < 1.29 is 9.63 Å². The Morgan fingerprint density at radius 2 is 2.32 bits per heavy atom. The zero-order valence-corrected chi connectivity index (χ0v) is 12.4. The van der Waals surface area contributed by atoms with Gasteiger partial charge in [0, 0.05) is 24.4 Å². The van der Waals surface area contributed by atoms with Gasteiger partial charge in [0.2, 0.25) is 0 Å². The molecule has 0 radical (unpaired) electrons. The number of aromatic amines is 1. The lowest BCUT2D eigenvalue weighted by molar-refractivity contribution is 0.0754. The van der Waals surface area contributed by atoms with Crippen molar-refractivity contribution in [3.8, 4) is 11.4 Å². The van der Waals surface area contributed by atoms with Crippen molar-refractivity contribution in [3.05, 3.63) is 42.2 Å². The number of carbonyl (C=O) groups is 1. The molecule has 0 saturated heterocycles. The zero-order chi connectivity index (χ0) is 15.4. The summed E-state index contributed by atoms with van der Waals surface area (Å²) in [6.45, 7) is 2.49. The largest absolute Gasteiger partial charge is 0.390 e. The molecule has 1 aromatic carbocycles. The summed E-state index contributed by atoms with van der Waals surface area (Å²) in [5.74, 6) is 0.542. The molecular weight excluding hydrogens is 280 g/mol. The number of benzene rings is 1. The van der Waals surface area contributed by atoms with E-state index in [-0.39, 0.29) is 12.0 Å².